The van der Waals surface area contributed by atoms with Crippen LogP contribution in [0.2, 0.25) is 0 Å². The van der Waals surface area contributed by atoms with Crippen LogP contribution in [-0.4, -0.2) is 13.3 Å². The van der Waals surface area contributed by atoms with Gasteiger partial charge in [0.2, 0.25) is 0 Å². The Labute approximate surface area is 95.6 Å². The molecule has 0 unspecified atom stereocenters. The van der Waals surface area contributed by atoms with Gasteiger partial charge in [-0.1, -0.05) is 0 Å². The summed E-state index contributed by atoms with van der Waals surface area (Å²) in [6, 6.07) is 3.81. The van der Waals surface area contributed by atoms with Gasteiger partial charge in [0.1, 0.15) is 0 Å². The minimum absolute atomic E-state index is 0.00215. The van der Waals surface area contributed by atoms with Crippen molar-refractivity contribution in [2.24, 2.45) is 0 Å². The molecular formula is C8H5ClN2O4S. The van der Waals surface area contributed by atoms with Crippen LogP contribution in [-0.2, 0) is 9.05 Å². The molecule has 0 heterocycles. The molecule has 0 fully saturated rings. The zero-order valence-corrected chi connectivity index (χ0v) is 9.54. The average molecular weight is 261 g/mol. The quantitative estimate of drug-likeness (QED) is 0.457. The van der Waals surface area contributed by atoms with Gasteiger partial charge >= 0.3 is 0 Å². The lowest BCUT2D eigenvalue weighted by Crippen LogP contribution is -2.02. The molecule has 0 aliphatic heterocycles. The van der Waals surface area contributed by atoms with E-state index in [1.54, 1.807) is 6.07 Å². The number of nitrogens with zero attached hydrogens (tertiary/aromatic N) is 2. The third kappa shape index (κ3) is 2.29. The number of benzene rings is 1. The number of halogens is 1. The van der Waals surface area contributed by atoms with Gasteiger partial charge in [0, 0.05) is 16.2 Å². The molecule has 0 aliphatic carbocycles. The van der Waals surface area contributed by atoms with E-state index in [4.69, 9.17) is 15.9 Å². The first-order chi connectivity index (χ1) is 7.27. The lowest BCUT2D eigenvalue weighted by Gasteiger charge is -2.02. The average Bonchev–Trinajstić information content (AvgIpc) is 2.14. The van der Waals surface area contributed by atoms with Gasteiger partial charge in [0.05, 0.1) is 16.6 Å². The maximum Gasteiger partial charge on any atom is 0.292 e. The van der Waals surface area contributed by atoms with E-state index in [9.17, 15) is 18.5 Å². The molecule has 6 nitrogen and oxygen atoms in total. The molecule has 16 heavy (non-hydrogen) atoms. The Morgan fingerprint density at radius 1 is 1.50 bits per heavy atom. The maximum absolute atomic E-state index is 11.1. The summed E-state index contributed by atoms with van der Waals surface area (Å²) in [6.45, 7) is 1.34. The van der Waals surface area contributed by atoms with Crippen LogP contribution in [0.1, 0.15) is 11.1 Å². The number of nitriles is 1. The lowest BCUT2D eigenvalue weighted by molar-refractivity contribution is -0.388. The normalized spacial score (nSPS) is 10.8. The molecule has 0 amide bonds. The Balaban J connectivity index is 3.76. The highest BCUT2D eigenvalue weighted by atomic mass is 35.7. The lowest BCUT2D eigenvalue weighted by atomic mass is 10.1. The molecule has 0 radical (unpaired) electrons. The third-order valence-electron chi connectivity index (χ3n) is 1.84. The van der Waals surface area contributed by atoms with E-state index in [2.05, 4.69) is 0 Å². The van der Waals surface area contributed by atoms with Crippen molar-refractivity contribution in [3.8, 4) is 6.07 Å². The minimum Gasteiger partial charge on any atom is -0.258 e. The zero-order chi connectivity index (χ0) is 12.5. The summed E-state index contributed by atoms with van der Waals surface area (Å²) >= 11 is 0. The van der Waals surface area contributed by atoms with Gasteiger partial charge in [-0.05, 0) is 19.1 Å². The van der Waals surface area contributed by atoms with E-state index in [0.717, 1.165) is 6.07 Å². The summed E-state index contributed by atoms with van der Waals surface area (Å²) in [5.41, 5.74) is -0.528. The van der Waals surface area contributed by atoms with E-state index >= 15 is 0 Å². The monoisotopic (exact) mass is 260 g/mol. The standard InChI is InChI=1S/C8H5ClN2O4S/c1-5-2-6(4-10)3-7(16(9,14)15)8(5)11(12)13/h2-3H,1H3. The van der Waals surface area contributed by atoms with Gasteiger partial charge in [-0.3, -0.25) is 10.1 Å². The summed E-state index contributed by atoms with van der Waals surface area (Å²) in [6.07, 6.45) is 0. The van der Waals surface area contributed by atoms with E-state index in [-0.39, 0.29) is 11.1 Å². The fourth-order valence-electron chi connectivity index (χ4n) is 1.23. The van der Waals surface area contributed by atoms with Crippen molar-refractivity contribution in [2.75, 3.05) is 0 Å². The molecule has 0 aromatic heterocycles. The van der Waals surface area contributed by atoms with E-state index in [1.165, 1.54) is 13.0 Å². The number of hydrogen-bond donors (Lipinski definition) is 0. The highest BCUT2D eigenvalue weighted by Gasteiger charge is 2.27. The zero-order valence-electron chi connectivity index (χ0n) is 7.97. The Bertz CT molecular complexity index is 603. The van der Waals surface area contributed by atoms with Crippen molar-refractivity contribution in [2.45, 2.75) is 11.8 Å². The molecule has 1 aromatic carbocycles. The Hall–Kier alpha value is -1.65. The van der Waals surface area contributed by atoms with Crippen LogP contribution in [0.3, 0.4) is 0 Å². The molecule has 0 saturated heterocycles. The molecule has 84 valence electrons. The highest BCUT2D eigenvalue weighted by molar-refractivity contribution is 8.13. The molecule has 0 bridgehead atoms. The van der Waals surface area contributed by atoms with E-state index in [0.29, 0.717) is 0 Å². The van der Waals surface area contributed by atoms with Gasteiger partial charge < -0.3 is 0 Å². The van der Waals surface area contributed by atoms with Crippen LogP contribution < -0.4 is 0 Å². The molecule has 0 atom stereocenters. The van der Waals surface area contributed by atoms with Gasteiger partial charge in [-0.15, -0.1) is 0 Å². The summed E-state index contributed by atoms with van der Waals surface area (Å²) in [4.78, 5) is 9.19. The van der Waals surface area contributed by atoms with Crippen LogP contribution in [0, 0.1) is 28.4 Å². The van der Waals surface area contributed by atoms with Crippen LogP contribution in [0.25, 0.3) is 0 Å². The van der Waals surface area contributed by atoms with Crippen molar-refractivity contribution in [1.82, 2.24) is 0 Å². The molecule has 8 heteroatoms. The third-order valence-corrected chi connectivity index (χ3v) is 3.18. The number of nitro benzene ring substituents is 1. The van der Waals surface area contributed by atoms with Crippen molar-refractivity contribution >= 4 is 25.4 Å². The van der Waals surface area contributed by atoms with Crippen molar-refractivity contribution < 1.29 is 13.3 Å². The smallest absolute Gasteiger partial charge is 0.258 e. The second-order valence-corrected chi connectivity index (χ2v) is 5.48. The Morgan fingerprint density at radius 3 is 2.44 bits per heavy atom. The van der Waals surface area contributed by atoms with Gasteiger partial charge in [-0.2, -0.15) is 5.26 Å². The van der Waals surface area contributed by atoms with Crippen molar-refractivity contribution in [1.29, 1.82) is 5.26 Å². The molecule has 0 aliphatic rings. The van der Waals surface area contributed by atoms with Crippen LogP contribution >= 0.6 is 10.7 Å². The fraction of sp³-hybridized carbons (Fsp3) is 0.125. The fourth-order valence-corrected chi connectivity index (χ4v) is 2.32. The number of aryl methyl sites for hydroxylation is 1. The number of rotatable bonds is 2. The predicted octanol–water partition coefficient (Wildman–Crippen LogP) is 1.70. The van der Waals surface area contributed by atoms with Crippen LogP contribution in [0.4, 0.5) is 5.69 Å². The second kappa shape index (κ2) is 4.08. The number of hydrogen-bond acceptors (Lipinski definition) is 5. The first kappa shape index (κ1) is 12.4. The van der Waals surface area contributed by atoms with E-state index in [1.807, 2.05) is 0 Å². The first-order valence-corrected chi connectivity index (χ1v) is 6.22. The first-order valence-electron chi connectivity index (χ1n) is 3.91. The van der Waals surface area contributed by atoms with Crippen molar-refractivity contribution in [3.05, 3.63) is 33.4 Å². The van der Waals surface area contributed by atoms with Gasteiger partial charge in [0.15, 0.2) is 4.90 Å². The molecule has 0 N–H and O–H groups in total. The topological polar surface area (TPSA) is 101 Å². The maximum atomic E-state index is 11.1. The van der Waals surface area contributed by atoms with Crippen LogP contribution in [0.15, 0.2) is 17.0 Å². The Kier molecular flexibility index (Phi) is 3.16. The molecule has 0 spiro atoms. The molecule has 1 aromatic rings. The van der Waals surface area contributed by atoms with E-state index < -0.39 is 24.6 Å². The minimum atomic E-state index is -4.25. The molecular weight excluding hydrogens is 256 g/mol. The Morgan fingerprint density at radius 2 is 2.06 bits per heavy atom. The highest BCUT2D eigenvalue weighted by Crippen LogP contribution is 2.31. The van der Waals surface area contributed by atoms with Crippen LogP contribution in [0.5, 0.6) is 0 Å². The summed E-state index contributed by atoms with van der Waals surface area (Å²) in [5, 5.41) is 19.3. The SMILES string of the molecule is Cc1cc(C#N)cc(S(=O)(=O)Cl)c1[N+](=O)[O-]. The number of nitro groups is 1. The second-order valence-electron chi connectivity index (χ2n) is 2.95. The summed E-state index contributed by atoms with van der Waals surface area (Å²) in [7, 11) is 0.813. The molecule has 1 rings (SSSR count). The summed E-state index contributed by atoms with van der Waals surface area (Å²) < 4.78 is 22.3. The summed E-state index contributed by atoms with van der Waals surface area (Å²) in [5.74, 6) is 0. The predicted molar refractivity (Wildman–Crippen MR) is 55.6 cm³/mol. The van der Waals surface area contributed by atoms with Crippen molar-refractivity contribution in [3.63, 3.8) is 0 Å². The largest absolute Gasteiger partial charge is 0.292 e. The van der Waals surface area contributed by atoms with Gasteiger partial charge in [0.25, 0.3) is 14.7 Å². The molecule has 0 saturated carbocycles. The van der Waals surface area contributed by atoms with Gasteiger partial charge in [-0.25, -0.2) is 8.42 Å².